The lowest BCUT2D eigenvalue weighted by atomic mass is 10.4. The first-order chi connectivity index (χ1) is 10.8. The zero-order chi connectivity index (χ0) is 15.4. The summed E-state index contributed by atoms with van der Waals surface area (Å²) in [6.45, 7) is 0. The molecule has 0 aliphatic carbocycles. The third-order valence-electron chi connectivity index (χ3n) is 2.99. The Kier molecular flexibility index (Phi) is 4.56. The molecule has 110 valence electrons. The maximum atomic E-state index is 12.5. The summed E-state index contributed by atoms with van der Waals surface area (Å²) in [5.41, 5.74) is 0. The van der Waals surface area contributed by atoms with Gasteiger partial charge in [-0.05, 0) is 36.4 Å². The molecule has 0 aliphatic rings. The smallest absolute Gasteiger partial charge is 0.133 e. The summed E-state index contributed by atoms with van der Waals surface area (Å²) in [7, 11) is -2.75. The molecule has 0 amide bonds. The number of rotatable bonds is 4. The average Bonchev–Trinajstić information content (AvgIpc) is 2.62. The lowest BCUT2D eigenvalue weighted by Gasteiger charge is -2.05. The normalized spacial score (nSPS) is 13.5. The van der Waals surface area contributed by atoms with E-state index >= 15 is 0 Å². The molecule has 1 aromatic heterocycles. The van der Waals surface area contributed by atoms with Crippen molar-refractivity contribution in [2.24, 2.45) is 0 Å². The molecular weight excluding hydrogens is 314 g/mol. The van der Waals surface area contributed by atoms with Crippen molar-refractivity contribution in [2.75, 3.05) is 0 Å². The SMILES string of the molecule is O=[S@@](c1ccccc1)c1cccc([S@@](=O)c2ccccc2)n1. The third-order valence-corrected chi connectivity index (χ3v) is 5.61. The Morgan fingerprint density at radius 2 is 0.955 bits per heavy atom. The average molecular weight is 327 g/mol. The number of pyridine rings is 1. The summed E-state index contributed by atoms with van der Waals surface area (Å²) in [5, 5.41) is 0.820. The molecule has 0 aliphatic heterocycles. The van der Waals surface area contributed by atoms with E-state index in [0.29, 0.717) is 19.8 Å². The standard InChI is InChI=1S/C17H13NO2S2/c19-21(14-8-3-1-4-9-14)16-12-7-13-17(18-16)22(20)15-10-5-2-6-11-15/h1-13H/t21-,22-/m0/s1. The molecule has 1 heterocycles. The van der Waals surface area contributed by atoms with Crippen molar-refractivity contribution in [1.82, 2.24) is 4.98 Å². The summed E-state index contributed by atoms with van der Waals surface area (Å²) in [6, 6.07) is 23.3. The highest BCUT2D eigenvalue weighted by Gasteiger charge is 2.13. The fourth-order valence-electron chi connectivity index (χ4n) is 1.93. The van der Waals surface area contributed by atoms with Gasteiger partial charge in [0.05, 0.1) is 0 Å². The van der Waals surface area contributed by atoms with E-state index in [9.17, 15) is 8.42 Å². The van der Waals surface area contributed by atoms with Gasteiger partial charge in [-0.2, -0.15) is 0 Å². The first kappa shape index (κ1) is 14.8. The van der Waals surface area contributed by atoms with Crippen LogP contribution in [0.1, 0.15) is 0 Å². The molecule has 2 atom stereocenters. The highest BCUT2D eigenvalue weighted by atomic mass is 32.2. The Morgan fingerprint density at radius 1 is 0.545 bits per heavy atom. The lowest BCUT2D eigenvalue weighted by molar-refractivity contribution is 0.674. The van der Waals surface area contributed by atoms with E-state index in [1.54, 1.807) is 42.5 Å². The molecule has 0 spiro atoms. The van der Waals surface area contributed by atoms with Gasteiger partial charge in [-0.25, -0.2) is 13.4 Å². The zero-order valence-corrected chi connectivity index (χ0v) is 13.2. The van der Waals surface area contributed by atoms with Gasteiger partial charge in [0.15, 0.2) is 0 Å². The van der Waals surface area contributed by atoms with Gasteiger partial charge in [0.2, 0.25) is 0 Å². The first-order valence-corrected chi connectivity index (χ1v) is 8.96. The van der Waals surface area contributed by atoms with Gasteiger partial charge in [0.1, 0.15) is 31.7 Å². The van der Waals surface area contributed by atoms with Crippen molar-refractivity contribution in [1.29, 1.82) is 0 Å². The fourth-order valence-corrected chi connectivity index (χ4v) is 4.05. The van der Waals surface area contributed by atoms with E-state index < -0.39 is 21.6 Å². The quantitative estimate of drug-likeness (QED) is 0.738. The van der Waals surface area contributed by atoms with Crippen LogP contribution in [-0.4, -0.2) is 13.4 Å². The van der Waals surface area contributed by atoms with Crippen molar-refractivity contribution < 1.29 is 8.42 Å². The lowest BCUT2D eigenvalue weighted by Crippen LogP contribution is -2.01. The number of nitrogens with zero attached hydrogens (tertiary/aromatic N) is 1. The number of aromatic nitrogens is 1. The van der Waals surface area contributed by atoms with Gasteiger partial charge in [-0.3, -0.25) is 0 Å². The van der Waals surface area contributed by atoms with Crippen molar-refractivity contribution in [2.45, 2.75) is 19.8 Å². The third kappa shape index (κ3) is 3.21. The van der Waals surface area contributed by atoms with E-state index in [4.69, 9.17) is 0 Å². The van der Waals surface area contributed by atoms with Gasteiger partial charge in [0.25, 0.3) is 0 Å². The number of hydrogen-bond donors (Lipinski definition) is 0. The van der Waals surface area contributed by atoms with E-state index in [0.717, 1.165) is 0 Å². The molecule has 0 bridgehead atoms. The Labute approximate surface area is 134 Å². The summed E-state index contributed by atoms with van der Waals surface area (Å²) < 4.78 is 25.0. The Bertz CT molecular complexity index is 754. The van der Waals surface area contributed by atoms with Crippen LogP contribution in [0.4, 0.5) is 0 Å². The molecule has 3 rings (SSSR count). The number of benzene rings is 2. The largest absolute Gasteiger partial charge is 0.247 e. The van der Waals surface area contributed by atoms with E-state index in [1.165, 1.54) is 0 Å². The Morgan fingerprint density at radius 3 is 1.36 bits per heavy atom. The van der Waals surface area contributed by atoms with Crippen molar-refractivity contribution in [3.8, 4) is 0 Å². The summed E-state index contributed by atoms with van der Waals surface area (Å²) in [5.74, 6) is 0. The monoisotopic (exact) mass is 327 g/mol. The maximum Gasteiger partial charge on any atom is 0.133 e. The Hall–Kier alpha value is -2.11. The van der Waals surface area contributed by atoms with Gasteiger partial charge >= 0.3 is 0 Å². The topological polar surface area (TPSA) is 47.0 Å². The molecule has 0 fully saturated rings. The fraction of sp³-hybridized carbons (Fsp3) is 0. The summed E-state index contributed by atoms with van der Waals surface area (Å²) in [6.07, 6.45) is 0. The second-order valence-corrected chi connectivity index (χ2v) is 7.33. The van der Waals surface area contributed by atoms with Crippen LogP contribution >= 0.6 is 0 Å². The molecule has 0 saturated heterocycles. The van der Waals surface area contributed by atoms with Gasteiger partial charge in [-0.15, -0.1) is 0 Å². The molecular formula is C17H13NO2S2. The van der Waals surface area contributed by atoms with Gasteiger partial charge in [-0.1, -0.05) is 42.5 Å². The predicted octanol–water partition coefficient (Wildman–Crippen LogP) is 3.42. The highest BCUT2D eigenvalue weighted by Crippen LogP contribution is 2.18. The van der Waals surface area contributed by atoms with Crippen LogP contribution in [0.5, 0.6) is 0 Å². The molecule has 0 radical (unpaired) electrons. The van der Waals surface area contributed by atoms with Crippen LogP contribution in [0.2, 0.25) is 0 Å². The van der Waals surface area contributed by atoms with E-state index in [1.807, 2.05) is 36.4 Å². The maximum absolute atomic E-state index is 12.5. The van der Waals surface area contributed by atoms with Gasteiger partial charge in [0, 0.05) is 9.79 Å². The molecule has 5 heteroatoms. The molecule has 0 N–H and O–H groups in total. The Balaban J connectivity index is 1.94. The molecule has 3 aromatic rings. The van der Waals surface area contributed by atoms with Crippen molar-refractivity contribution in [3.05, 3.63) is 78.9 Å². The molecule has 0 saturated carbocycles. The minimum Gasteiger partial charge on any atom is -0.247 e. The first-order valence-electron chi connectivity index (χ1n) is 6.66. The second kappa shape index (κ2) is 6.77. The van der Waals surface area contributed by atoms with Crippen LogP contribution in [0.25, 0.3) is 0 Å². The summed E-state index contributed by atoms with van der Waals surface area (Å²) >= 11 is 0. The van der Waals surface area contributed by atoms with Crippen molar-refractivity contribution >= 4 is 21.6 Å². The van der Waals surface area contributed by atoms with Gasteiger partial charge < -0.3 is 0 Å². The highest BCUT2D eigenvalue weighted by molar-refractivity contribution is 7.85. The van der Waals surface area contributed by atoms with Crippen LogP contribution < -0.4 is 0 Å². The van der Waals surface area contributed by atoms with Crippen LogP contribution in [-0.2, 0) is 21.6 Å². The van der Waals surface area contributed by atoms with E-state index in [-0.39, 0.29) is 0 Å². The minimum atomic E-state index is -1.38. The molecule has 2 aromatic carbocycles. The second-order valence-electron chi connectivity index (χ2n) is 4.48. The minimum absolute atomic E-state index is 0.410. The van der Waals surface area contributed by atoms with Crippen LogP contribution in [0, 0.1) is 0 Å². The molecule has 22 heavy (non-hydrogen) atoms. The molecule has 0 unspecified atom stereocenters. The van der Waals surface area contributed by atoms with E-state index in [2.05, 4.69) is 4.98 Å². The van der Waals surface area contributed by atoms with Crippen LogP contribution in [0.15, 0.2) is 98.7 Å². The zero-order valence-electron chi connectivity index (χ0n) is 11.6. The molecule has 3 nitrogen and oxygen atoms in total. The summed E-state index contributed by atoms with van der Waals surface area (Å²) in [4.78, 5) is 5.68. The predicted molar refractivity (Wildman–Crippen MR) is 86.5 cm³/mol. The van der Waals surface area contributed by atoms with Crippen molar-refractivity contribution in [3.63, 3.8) is 0 Å². The number of hydrogen-bond acceptors (Lipinski definition) is 3. The van der Waals surface area contributed by atoms with Crippen LogP contribution in [0.3, 0.4) is 0 Å².